The molecule has 1 amide bonds. The SMILES string of the molecule is COc1cc(N)cc(C(=O)NCCc2cccc(C)c2)c1. The highest BCUT2D eigenvalue weighted by Gasteiger charge is 2.08. The van der Waals surface area contributed by atoms with Crippen LogP contribution in [0, 0.1) is 6.92 Å². The molecule has 2 aromatic rings. The van der Waals surface area contributed by atoms with Crippen LogP contribution in [0.15, 0.2) is 42.5 Å². The number of methoxy groups -OCH3 is 1. The largest absolute Gasteiger partial charge is 0.497 e. The zero-order chi connectivity index (χ0) is 15.2. The van der Waals surface area contributed by atoms with Gasteiger partial charge in [-0.15, -0.1) is 0 Å². The molecule has 110 valence electrons. The van der Waals surface area contributed by atoms with Crippen LogP contribution in [-0.4, -0.2) is 19.6 Å². The number of benzene rings is 2. The van der Waals surface area contributed by atoms with E-state index in [-0.39, 0.29) is 5.91 Å². The van der Waals surface area contributed by atoms with Crippen LogP contribution in [0.2, 0.25) is 0 Å². The molecule has 4 nitrogen and oxygen atoms in total. The lowest BCUT2D eigenvalue weighted by Crippen LogP contribution is -2.25. The van der Waals surface area contributed by atoms with Gasteiger partial charge in [0.2, 0.25) is 0 Å². The number of hydrogen-bond donors (Lipinski definition) is 2. The van der Waals surface area contributed by atoms with E-state index in [1.807, 2.05) is 6.07 Å². The van der Waals surface area contributed by atoms with Crippen LogP contribution in [0.25, 0.3) is 0 Å². The van der Waals surface area contributed by atoms with E-state index in [0.29, 0.717) is 23.5 Å². The maximum Gasteiger partial charge on any atom is 0.251 e. The van der Waals surface area contributed by atoms with E-state index in [9.17, 15) is 4.79 Å². The topological polar surface area (TPSA) is 64.3 Å². The minimum absolute atomic E-state index is 0.145. The summed E-state index contributed by atoms with van der Waals surface area (Å²) in [5.41, 5.74) is 9.20. The molecular formula is C17H20N2O2. The molecule has 0 saturated carbocycles. The summed E-state index contributed by atoms with van der Waals surface area (Å²) in [6.07, 6.45) is 0.798. The number of aryl methyl sites for hydroxylation is 1. The lowest BCUT2D eigenvalue weighted by molar-refractivity contribution is 0.0954. The fourth-order valence-electron chi connectivity index (χ4n) is 2.16. The van der Waals surface area contributed by atoms with Gasteiger partial charge in [-0.2, -0.15) is 0 Å². The second-order valence-corrected chi connectivity index (χ2v) is 4.99. The minimum atomic E-state index is -0.145. The lowest BCUT2D eigenvalue weighted by atomic mass is 10.1. The predicted molar refractivity (Wildman–Crippen MR) is 84.6 cm³/mol. The third-order valence-corrected chi connectivity index (χ3v) is 3.21. The van der Waals surface area contributed by atoms with E-state index in [2.05, 4.69) is 30.4 Å². The summed E-state index contributed by atoms with van der Waals surface area (Å²) < 4.78 is 5.11. The summed E-state index contributed by atoms with van der Waals surface area (Å²) in [5.74, 6) is 0.437. The Morgan fingerprint density at radius 1 is 1.24 bits per heavy atom. The average Bonchev–Trinajstić information content (AvgIpc) is 2.46. The standard InChI is InChI=1S/C17H20N2O2/c1-12-4-3-5-13(8-12)6-7-19-17(20)14-9-15(18)11-16(10-14)21-2/h3-5,8-11H,6-7,18H2,1-2H3,(H,19,20). The van der Waals surface area contributed by atoms with Gasteiger partial charge in [0, 0.05) is 23.9 Å². The zero-order valence-corrected chi connectivity index (χ0v) is 12.3. The Bertz CT molecular complexity index is 638. The molecule has 0 fully saturated rings. The lowest BCUT2D eigenvalue weighted by Gasteiger charge is -2.08. The number of nitrogen functional groups attached to an aromatic ring is 1. The Morgan fingerprint density at radius 3 is 2.76 bits per heavy atom. The third-order valence-electron chi connectivity index (χ3n) is 3.21. The third kappa shape index (κ3) is 4.24. The van der Waals surface area contributed by atoms with E-state index < -0.39 is 0 Å². The van der Waals surface area contributed by atoms with E-state index >= 15 is 0 Å². The van der Waals surface area contributed by atoms with Crippen LogP contribution >= 0.6 is 0 Å². The second-order valence-electron chi connectivity index (χ2n) is 4.99. The quantitative estimate of drug-likeness (QED) is 0.829. The number of carbonyl (C=O) groups is 1. The van der Waals surface area contributed by atoms with Crippen LogP contribution in [-0.2, 0) is 6.42 Å². The van der Waals surface area contributed by atoms with Crippen molar-refractivity contribution in [2.24, 2.45) is 0 Å². The van der Waals surface area contributed by atoms with Crippen molar-refractivity contribution < 1.29 is 9.53 Å². The molecule has 2 rings (SSSR count). The first-order valence-electron chi connectivity index (χ1n) is 6.87. The van der Waals surface area contributed by atoms with Gasteiger partial charge in [0.15, 0.2) is 0 Å². The molecule has 0 aliphatic carbocycles. The van der Waals surface area contributed by atoms with Crippen molar-refractivity contribution in [3.05, 3.63) is 59.2 Å². The maximum absolute atomic E-state index is 12.1. The summed E-state index contributed by atoms with van der Waals surface area (Å²) in [6, 6.07) is 13.3. The summed E-state index contributed by atoms with van der Waals surface area (Å²) in [7, 11) is 1.55. The number of rotatable bonds is 5. The number of ether oxygens (including phenoxy) is 1. The van der Waals surface area contributed by atoms with Gasteiger partial charge >= 0.3 is 0 Å². The van der Waals surface area contributed by atoms with Gasteiger partial charge in [0.1, 0.15) is 5.75 Å². The average molecular weight is 284 g/mol. The van der Waals surface area contributed by atoms with Crippen molar-refractivity contribution in [1.82, 2.24) is 5.32 Å². The molecule has 0 bridgehead atoms. The van der Waals surface area contributed by atoms with Crippen molar-refractivity contribution in [1.29, 1.82) is 0 Å². The molecule has 21 heavy (non-hydrogen) atoms. The second kappa shape index (κ2) is 6.79. The maximum atomic E-state index is 12.1. The zero-order valence-electron chi connectivity index (χ0n) is 12.3. The van der Waals surface area contributed by atoms with Crippen LogP contribution < -0.4 is 15.8 Å². The number of nitrogens with one attached hydrogen (secondary N) is 1. The van der Waals surface area contributed by atoms with Crippen LogP contribution in [0.3, 0.4) is 0 Å². The van der Waals surface area contributed by atoms with Crippen molar-refractivity contribution >= 4 is 11.6 Å². The fourth-order valence-corrected chi connectivity index (χ4v) is 2.16. The Kier molecular flexibility index (Phi) is 4.82. The van der Waals surface area contributed by atoms with Gasteiger partial charge in [0.25, 0.3) is 5.91 Å². The van der Waals surface area contributed by atoms with Crippen LogP contribution in [0.1, 0.15) is 21.5 Å². The summed E-state index contributed by atoms with van der Waals surface area (Å²) in [5, 5.41) is 2.90. The van der Waals surface area contributed by atoms with Gasteiger partial charge in [-0.1, -0.05) is 29.8 Å². The van der Waals surface area contributed by atoms with Crippen molar-refractivity contribution in [2.45, 2.75) is 13.3 Å². The highest BCUT2D eigenvalue weighted by molar-refractivity contribution is 5.95. The van der Waals surface area contributed by atoms with Gasteiger partial charge in [-0.25, -0.2) is 0 Å². The molecule has 0 radical (unpaired) electrons. The summed E-state index contributed by atoms with van der Waals surface area (Å²) in [4.78, 5) is 12.1. The Labute approximate surface area is 124 Å². The van der Waals surface area contributed by atoms with Crippen molar-refractivity contribution in [2.75, 3.05) is 19.4 Å². The molecule has 0 atom stereocenters. The number of anilines is 1. The van der Waals surface area contributed by atoms with Crippen molar-refractivity contribution in [3.63, 3.8) is 0 Å². The summed E-state index contributed by atoms with van der Waals surface area (Å²) >= 11 is 0. The van der Waals surface area contributed by atoms with E-state index in [1.54, 1.807) is 25.3 Å². The van der Waals surface area contributed by atoms with E-state index in [4.69, 9.17) is 10.5 Å². The fraction of sp³-hybridized carbons (Fsp3) is 0.235. The highest BCUT2D eigenvalue weighted by atomic mass is 16.5. The molecule has 3 N–H and O–H groups in total. The van der Waals surface area contributed by atoms with Crippen LogP contribution in [0.4, 0.5) is 5.69 Å². The molecule has 0 heterocycles. The smallest absolute Gasteiger partial charge is 0.251 e. The minimum Gasteiger partial charge on any atom is -0.497 e. The van der Waals surface area contributed by atoms with E-state index in [0.717, 1.165) is 6.42 Å². The molecule has 0 spiro atoms. The number of carbonyl (C=O) groups excluding carboxylic acids is 1. The Hall–Kier alpha value is -2.49. The summed E-state index contributed by atoms with van der Waals surface area (Å²) in [6.45, 7) is 2.64. The first-order chi connectivity index (χ1) is 10.1. The van der Waals surface area contributed by atoms with Crippen molar-refractivity contribution in [3.8, 4) is 5.75 Å². The van der Waals surface area contributed by atoms with Crippen LogP contribution in [0.5, 0.6) is 5.75 Å². The van der Waals surface area contributed by atoms with E-state index in [1.165, 1.54) is 11.1 Å². The molecule has 0 aromatic heterocycles. The normalized spacial score (nSPS) is 10.2. The number of amides is 1. The molecule has 2 aromatic carbocycles. The molecular weight excluding hydrogens is 264 g/mol. The first-order valence-corrected chi connectivity index (χ1v) is 6.87. The number of hydrogen-bond acceptors (Lipinski definition) is 3. The monoisotopic (exact) mass is 284 g/mol. The predicted octanol–water partition coefficient (Wildman–Crippen LogP) is 2.56. The molecule has 0 unspecified atom stereocenters. The molecule has 4 heteroatoms. The van der Waals surface area contributed by atoms with Gasteiger partial charge in [-0.05, 0) is 31.0 Å². The molecule has 0 aliphatic rings. The van der Waals surface area contributed by atoms with Gasteiger partial charge < -0.3 is 15.8 Å². The van der Waals surface area contributed by atoms with Gasteiger partial charge in [-0.3, -0.25) is 4.79 Å². The Balaban J connectivity index is 1.94. The number of nitrogens with two attached hydrogens (primary N) is 1. The first kappa shape index (κ1) is 14.9. The van der Waals surface area contributed by atoms with Gasteiger partial charge in [0.05, 0.1) is 7.11 Å². The molecule has 0 aliphatic heterocycles. The highest BCUT2D eigenvalue weighted by Crippen LogP contribution is 2.18. The Morgan fingerprint density at radius 2 is 2.05 bits per heavy atom. The molecule has 0 saturated heterocycles.